The Hall–Kier alpha value is -1.36. The maximum atomic E-state index is 12.8. The third kappa shape index (κ3) is 2.78. The quantitative estimate of drug-likeness (QED) is 0.919. The third-order valence-corrected chi connectivity index (χ3v) is 5.68. The lowest BCUT2D eigenvalue weighted by atomic mass is 9.87. The zero-order valence-corrected chi connectivity index (χ0v) is 13.3. The maximum absolute atomic E-state index is 12.8. The molecule has 1 amide bonds. The summed E-state index contributed by atoms with van der Waals surface area (Å²) in [5, 5.41) is 7.17. The summed E-state index contributed by atoms with van der Waals surface area (Å²) in [6.07, 6.45) is 8.63. The molecule has 0 aromatic carbocycles. The molecular formula is C17H26N4O. The summed E-state index contributed by atoms with van der Waals surface area (Å²) in [7, 11) is 0. The molecule has 0 saturated carbocycles. The number of rotatable bonds is 3. The number of likely N-dealkylation sites (tertiary alicyclic amines) is 2. The third-order valence-electron chi connectivity index (χ3n) is 5.68. The molecule has 3 heterocycles. The van der Waals surface area contributed by atoms with E-state index in [9.17, 15) is 4.79 Å². The average molecular weight is 302 g/mol. The standard InChI is InChI=1S/C17H26N4O/c22-17(14-3-4-15-10-18-19-16(15)9-14)21-8-5-13(12-21)11-20-6-1-2-7-20/h10,13-14H,1-9,11-12H2,(H,18,19). The Balaban J connectivity index is 1.32. The van der Waals surface area contributed by atoms with Crippen molar-refractivity contribution in [1.29, 1.82) is 0 Å². The minimum atomic E-state index is 0.165. The molecule has 22 heavy (non-hydrogen) atoms. The van der Waals surface area contributed by atoms with Crippen molar-refractivity contribution in [2.75, 3.05) is 32.7 Å². The van der Waals surface area contributed by atoms with E-state index in [0.717, 1.165) is 32.4 Å². The average Bonchev–Trinajstić information content (AvgIpc) is 3.27. The van der Waals surface area contributed by atoms with Gasteiger partial charge in [0.05, 0.1) is 6.20 Å². The number of fused-ring (bicyclic) bond motifs is 1. The summed E-state index contributed by atoms with van der Waals surface area (Å²) in [5.74, 6) is 1.23. The normalized spacial score (nSPS) is 29.0. The highest BCUT2D eigenvalue weighted by atomic mass is 16.2. The number of amides is 1. The smallest absolute Gasteiger partial charge is 0.226 e. The Morgan fingerprint density at radius 1 is 1.27 bits per heavy atom. The fourth-order valence-electron chi connectivity index (χ4n) is 4.39. The molecule has 0 bridgehead atoms. The number of H-pyrrole nitrogens is 1. The molecule has 0 radical (unpaired) electrons. The number of nitrogens with one attached hydrogen (secondary N) is 1. The lowest BCUT2D eigenvalue weighted by Gasteiger charge is -2.26. The summed E-state index contributed by atoms with van der Waals surface area (Å²) in [5.41, 5.74) is 2.48. The SMILES string of the molecule is O=C(C1CCc2cn[nH]c2C1)N1CCC(CN2CCCC2)C1. The van der Waals surface area contributed by atoms with Crippen molar-refractivity contribution in [1.82, 2.24) is 20.0 Å². The molecule has 2 atom stereocenters. The Kier molecular flexibility index (Phi) is 3.90. The van der Waals surface area contributed by atoms with Gasteiger partial charge in [0.25, 0.3) is 0 Å². The Bertz CT molecular complexity index is 535. The number of aromatic nitrogens is 2. The Morgan fingerprint density at radius 3 is 3.00 bits per heavy atom. The molecule has 3 aliphatic rings. The molecular weight excluding hydrogens is 276 g/mol. The van der Waals surface area contributed by atoms with Crippen LogP contribution in [0.4, 0.5) is 0 Å². The van der Waals surface area contributed by atoms with Gasteiger partial charge in [-0.15, -0.1) is 0 Å². The molecule has 120 valence electrons. The zero-order chi connectivity index (χ0) is 14.9. The van der Waals surface area contributed by atoms with Crippen LogP contribution >= 0.6 is 0 Å². The Labute approximate surface area is 132 Å². The molecule has 2 fully saturated rings. The predicted octanol–water partition coefficient (Wildman–Crippen LogP) is 1.46. The molecule has 2 unspecified atom stereocenters. The first kappa shape index (κ1) is 14.2. The van der Waals surface area contributed by atoms with E-state index in [2.05, 4.69) is 20.0 Å². The summed E-state index contributed by atoms with van der Waals surface area (Å²) >= 11 is 0. The monoisotopic (exact) mass is 302 g/mol. The van der Waals surface area contributed by atoms with Gasteiger partial charge in [-0.3, -0.25) is 9.89 Å². The van der Waals surface area contributed by atoms with Crippen molar-refractivity contribution in [3.63, 3.8) is 0 Å². The molecule has 1 N–H and O–H groups in total. The minimum absolute atomic E-state index is 0.165. The van der Waals surface area contributed by atoms with Gasteiger partial charge in [0.1, 0.15) is 0 Å². The fourth-order valence-corrected chi connectivity index (χ4v) is 4.39. The predicted molar refractivity (Wildman–Crippen MR) is 84.5 cm³/mol. The second kappa shape index (κ2) is 6.03. The van der Waals surface area contributed by atoms with E-state index in [-0.39, 0.29) is 5.92 Å². The number of hydrogen-bond acceptors (Lipinski definition) is 3. The number of hydrogen-bond donors (Lipinski definition) is 1. The van der Waals surface area contributed by atoms with Gasteiger partial charge in [-0.2, -0.15) is 5.10 Å². The van der Waals surface area contributed by atoms with Crippen LogP contribution in [0.2, 0.25) is 0 Å². The molecule has 2 saturated heterocycles. The fraction of sp³-hybridized carbons (Fsp3) is 0.765. The largest absolute Gasteiger partial charge is 0.342 e. The molecule has 5 nitrogen and oxygen atoms in total. The summed E-state index contributed by atoms with van der Waals surface area (Å²) in [6.45, 7) is 5.65. The highest BCUT2D eigenvalue weighted by Crippen LogP contribution is 2.28. The lowest BCUT2D eigenvalue weighted by Crippen LogP contribution is -2.38. The van der Waals surface area contributed by atoms with Gasteiger partial charge in [0, 0.05) is 37.7 Å². The van der Waals surface area contributed by atoms with E-state index in [1.165, 1.54) is 50.2 Å². The van der Waals surface area contributed by atoms with Gasteiger partial charge in [-0.1, -0.05) is 0 Å². The van der Waals surface area contributed by atoms with Crippen LogP contribution in [0.25, 0.3) is 0 Å². The van der Waals surface area contributed by atoms with Crippen molar-refractivity contribution in [2.24, 2.45) is 11.8 Å². The number of aromatic amines is 1. The first-order valence-electron chi connectivity index (χ1n) is 8.82. The van der Waals surface area contributed by atoms with Crippen LogP contribution in [0, 0.1) is 11.8 Å². The van der Waals surface area contributed by atoms with Gasteiger partial charge in [-0.05, 0) is 56.7 Å². The van der Waals surface area contributed by atoms with Crippen LogP contribution in [0.15, 0.2) is 6.20 Å². The highest BCUT2D eigenvalue weighted by Gasteiger charge is 2.34. The first-order chi connectivity index (χ1) is 10.8. The van der Waals surface area contributed by atoms with Crippen LogP contribution < -0.4 is 0 Å². The van der Waals surface area contributed by atoms with E-state index < -0.39 is 0 Å². The molecule has 1 aliphatic carbocycles. The van der Waals surface area contributed by atoms with Gasteiger partial charge in [-0.25, -0.2) is 0 Å². The molecule has 4 rings (SSSR count). The van der Waals surface area contributed by atoms with Gasteiger partial charge in [0.2, 0.25) is 5.91 Å². The summed E-state index contributed by atoms with van der Waals surface area (Å²) in [6, 6.07) is 0. The number of carbonyl (C=O) groups is 1. The van der Waals surface area contributed by atoms with Crippen LogP contribution in [-0.4, -0.2) is 58.6 Å². The molecule has 1 aromatic rings. The van der Waals surface area contributed by atoms with Crippen LogP contribution in [0.3, 0.4) is 0 Å². The topological polar surface area (TPSA) is 52.2 Å². The number of nitrogens with zero attached hydrogens (tertiary/aromatic N) is 3. The van der Waals surface area contributed by atoms with E-state index >= 15 is 0 Å². The van der Waals surface area contributed by atoms with Crippen molar-refractivity contribution in [3.8, 4) is 0 Å². The number of carbonyl (C=O) groups excluding carboxylic acids is 1. The zero-order valence-electron chi connectivity index (χ0n) is 13.3. The van der Waals surface area contributed by atoms with E-state index in [1.807, 2.05) is 6.20 Å². The molecule has 5 heteroatoms. The number of aryl methyl sites for hydroxylation is 1. The Morgan fingerprint density at radius 2 is 2.14 bits per heavy atom. The van der Waals surface area contributed by atoms with E-state index in [0.29, 0.717) is 11.8 Å². The summed E-state index contributed by atoms with van der Waals surface area (Å²) < 4.78 is 0. The van der Waals surface area contributed by atoms with Crippen molar-refractivity contribution in [3.05, 3.63) is 17.5 Å². The first-order valence-corrected chi connectivity index (χ1v) is 8.82. The van der Waals surface area contributed by atoms with Crippen molar-refractivity contribution >= 4 is 5.91 Å². The summed E-state index contributed by atoms with van der Waals surface area (Å²) in [4.78, 5) is 17.5. The van der Waals surface area contributed by atoms with E-state index in [4.69, 9.17) is 0 Å². The minimum Gasteiger partial charge on any atom is -0.342 e. The second-order valence-corrected chi connectivity index (χ2v) is 7.26. The second-order valence-electron chi connectivity index (χ2n) is 7.26. The van der Waals surface area contributed by atoms with Crippen molar-refractivity contribution < 1.29 is 4.79 Å². The maximum Gasteiger partial charge on any atom is 0.226 e. The van der Waals surface area contributed by atoms with E-state index in [1.54, 1.807) is 0 Å². The van der Waals surface area contributed by atoms with Crippen LogP contribution in [0.5, 0.6) is 0 Å². The van der Waals surface area contributed by atoms with Crippen LogP contribution in [0.1, 0.15) is 36.9 Å². The van der Waals surface area contributed by atoms with Gasteiger partial charge < -0.3 is 9.80 Å². The lowest BCUT2D eigenvalue weighted by molar-refractivity contribution is -0.135. The van der Waals surface area contributed by atoms with Gasteiger partial charge >= 0.3 is 0 Å². The molecule has 1 aromatic heterocycles. The van der Waals surface area contributed by atoms with Crippen molar-refractivity contribution in [2.45, 2.75) is 38.5 Å². The van der Waals surface area contributed by atoms with Gasteiger partial charge in [0.15, 0.2) is 0 Å². The molecule has 2 aliphatic heterocycles. The van der Waals surface area contributed by atoms with Crippen LogP contribution in [-0.2, 0) is 17.6 Å². The highest BCUT2D eigenvalue weighted by molar-refractivity contribution is 5.79. The molecule has 0 spiro atoms.